The summed E-state index contributed by atoms with van der Waals surface area (Å²) in [5, 5.41) is 7.12. The summed E-state index contributed by atoms with van der Waals surface area (Å²) < 4.78 is 6.60. The van der Waals surface area contributed by atoms with E-state index in [0.717, 1.165) is 11.3 Å². The first-order chi connectivity index (χ1) is 9.22. The molecule has 0 aliphatic rings. The van der Waals surface area contributed by atoms with Crippen molar-refractivity contribution in [3.8, 4) is 5.69 Å². The summed E-state index contributed by atoms with van der Waals surface area (Å²) in [6.45, 7) is 2.00. The zero-order valence-electron chi connectivity index (χ0n) is 11.0. The summed E-state index contributed by atoms with van der Waals surface area (Å²) in [6, 6.07) is 9.61. The molecule has 1 heterocycles. The van der Waals surface area contributed by atoms with Crippen molar-refractivity contribution in [1.82, 2.24) is 15.1 Å². The SMILES string of the molecule is COCC(=O)N[C@H](C)c1ccccc1-n1cccn1. The average Bonchev–Trinajstić information content (AvgIpc) is 2.92. The maximum Gasteiger partial charge on any atom is 0.246 e. The van der Waals surface area contributed by atoms with Crippen LogP contribution in [0, 0.1) is 0 Å². The van der Waals surface area contributed by atoms with Crippen LogP contribution >= 0.6 is 0 Å². The highest BCUT2D eigenvalue weighted by atomic mass is 16.5. The summed E-state index contributed by atoms with van der Waals surface area (Å²) in [6.07, 6.45) is 3.60. The Morgan fingerprint density at radius 2 is 2.21 bits per heavy atom. The minimum Gasteiger partial charge on any atom is -0.375 e. The third-order valence-electron chi connectivity index (χ3n) is 2.81. The smallest absolute Gasteiger partial charge is 0.246 e. The number of methoxy groups -OCH3 is 1. The van der Waals surface area contributed by atoms with E-state index in [-0.39, 0.29) is 18.6 Å². The van der Waals surface area contributed by atoms with Crippen LogP contribution < -0.4 is 5.32 Å². The number of para-hydroxylation sites is 1. The maximum atomic E-state index is 11.6. The summed E-state index contributed by atoms with van der Waals surface area (Å²) in [4.78, 5) is 11.6. The van der Waals surface area contributed by atoms with Crippen molar-refractivity contribution < 1.29 is 9.53 Å². The quantitative estimate of drug-likeness (QED) is 0.889. The van der Waals surface area contributed by atoms with E-state index in [1.54, 1.807) is 10.9 Å². The maximum absolute atomic E-state index is 11.6. The lowest BCUT2D eigenvalue weighted by atomic mass is 10.1. The van der Waals surface area contributed by atoms with Crippen molar-refractivity contribution in [1.29, 1.82) is 0 Å². The molecule has 2 rings (SSSR count). The molecule has 0 unspecified atom stereocenters. The van der Waals surface area contributed by atoms with Crippen molar-refractivity contribution in [2.24, 2.45) is 0 Å². The Kier molecular flexibility index (Phi) is 4.30. The van der Waals surface area contributed by atoms with Gasteiger partial charge in [0, 0.05) is 19.5 Å². The van der Waals surface area contributed by atoms with Crippen LogP contribution in [-0.2, 0) is 9.53 Å². The first-order valence-electron chi connectivity index (χ1n) is 6.09. The largest absolute Gasteiger partial charge is 0.375 e. The van der Waals surface area contributed by atoms with Gasteiger partial charge in [-0.05, 0) is 24.6 Å². The minimum absolute atomic E-state index is 0.0638. The molecule has 0 bridgehead atoms. The highest BCUT2D eigenvalue weighted by Crippen LogP contribution is 2.20. The van der Waals surface area contributed by atoms with Crippen molar-refractivity contribution in [3.63, 3.8) is 0 Å². The lowest BCUT2D eigenvalue weighted by molar-refractivity contribution is -0.125. The van der Waals surface area contributed by atoms with E-state index < -0.39 is 0 Å². The van der Waals surface area contributed by atoms with Crippen molar-refractivity contribution in [2.45, 2.75) is 13.0 Å². The Labute approximate surface area is 112 Å². The number of rotatable bonds is 5. The summed E-state index contributed by atoms with van der Waals surface area (Å²) >= 11 is 0. The molecule has 1 amide bonds. The van der Waals surface area contributed by atoms with Gasteiger partial charge in [0.1, 0.15) is 6.61 Å². The van der Waals surface area contributed by atoms with E-state index in [2.05, 4.69) is 10.4 Å². The average molecular weight is 259 g/mol. The number of hydrogen-bond acceptors (Lipinski definition) is 3. The van der Waals surface area contributed by atoms with Crippen LogP contribution in [0.25, 0.3) is 5.69 Å². The van der Waals surface area contributed by atoms with E-state index in [9.17, 15) is 4.79 Å². The fourth-order valence-electron chi connectivity index (χ4n) is 1.97. The zero-order chi connectivity index (χ0) is 13.7. The molecule has 1 aromatic heterocycles. The molecule has 0 saturated heterocycles. The number of aromatic nitrogens is 2. The number of carbonyl (C=O) groups is 1. The van der Waals surface area contributed by atoms with E-state index in [1.165, 1.54) is 7.11 Å². The van der Waals surface area contributed by atoms with Crippen LogP contribution in [0.4, 0.5) is 0 Å². The third-order valence-corrected chi connectivity index (χ3v) is 2.81. The van der Waals surface area contributed by atoms with E-state index in [0.29, 0.717) is 0 Å². The van der Waals surface area contributed by atoms with Gasteiger partial charge in [0.25, 0.3) is 0 Å². The number of ether oxygens (including phenoxy) is 1. The lowest BCUT2D eigenvalue weighted by Gasteiger charge is -2.17. The fraction of sp³-hybridized carbons (Fsp3) is 0.286. The second kappa shape index (κ2) is 6.15. The third kappa shape index (κ3) is 3.20. The molecule has 1 aromatic carbocycles. The molecular weight excluding hydrogens is 242 g/mol. The van der Waals surface area contributed by atoms with Crippen molar-refractivity contribution in [3.05, 3.63) is 48.3 Å². The van der Waals surface area contributed by atoms with Gasteiger partial charge < -0.3 is 10.1 Å². The molecule has 0 spiro atoms. The van der Waals surface area contributed by atoms with Gasteiger partial charge in [0.2, 0.25) is 5.91 Å². The van der Waals surface area contributed by atoms with Crippen molar-refractivity contribution >= 4 is 5.91 Å². The normalized spacial score (nSPS) is 12.1. The molecule has 19 heavy (non-hydrogen) atoms. The van der Waals surface area contributed by atoms with Gasteiger partial charge in [0.05, 0.1) is 11.7 Å². The van der Waals surface area contributed by atoms with Crippen LogP contribution in [0.2, 0.25) is 0 Å². The number of hydrogen-bond donors (Lipinski definition) is 1. The number of carbonyl (C=O) groups excluding carboxylic acids is 1. The van der Waals surface area contributed by atoms with E-state index >= 15 is 0 Å². The minimum atomic E-state index is -0.134. The van der Waals surface area contributed by atoms with Crippen LogP contribution in [0.15, 0.2) is 42.7 Å². The monoisotopic (exact) mass is 259 g/mol. The molecule has 0 radical (unpaired) electrons. The molecule has 0 saturated carbocycles. The van der Waals surface area contributed by atoms with Crippen LogP contribution in [-0.4, -0.2) is 29.4 Å². The predicted octanol–water partition coefficient (Wildman–Crippen LogP) is 1.70. The first-order valence-corrected chi connectivity index (χ1v) is 6.09. The molecule has 1 atom stereocenters. The number of benzene rings is 1. The molecule has 1 N–H and O–H groups in total. The Balaban J connectivity index is 2.22. The Morgan fingerprint density at radius 3 is 2.89 bits per heavy atom. The molecule has 100 valence electrons. The van der Waals surface area contributed by atoms with Crippen LogP contribution in [0.1, 0.15) is 18.5 Å². The predicted molar refractivity (Wildman–Crippen MR) is 72.0 cm³/mol. The van der Waals surface area contributed by atoms with E-state index in [1.807, 2.05) is 43.5 Å². The van der Waals surface area contributed by atoms with Gasteiger partial charge in [0.15, 0.2) is 0 Å². The first kappa shape index (κ1) is 13.3. The molecule has 0 aliphatic carbocycles. The van der Waals surface area contributed by atoms with E-state index in [4.69, 9.17) is 4.74 Å². The molecule has 5 nitrogen and oxygen atoms in total. The summed E-state index contributed by atoms with van der Waals surface area (Å²) in [5.41, 5.74) is 1.97. The summed E-state index contributed by atoms with van der Waals surface area (Å²) in [5.74, 6) is -0.134. The van der Waals surface area contributed by atoms with Crippen molar-refractivity contribution in [2.75, 3.05) is 13.7 Å². The fourth-order valence-corrected chi connectivity index (χ4v) is 1.97. The Bertz CT molecular complexity index is 537. The van der Waals surface area contributed by atoms with Gasteiger partial charge in [-0.2, -0.15) is 5.10 Å². The van der Waals surface area contributed by atoms with Crippen LogP contribution in [0.5, 0.6) is 0 Å². The Morgan fingerprint density at radius 1 is 1.42 bits per heavy atom. The molecule has 2 aromatic rings. The van der Waals surface area contributed by atoms with Gasteiger partial charge >= 0.3 is 0 Å². The van der Waals surface area contributed by atoms with Crippen LogP contribution in [0.3, 0.4) is 0 Å². The molecule has 0 fully saturated rings. The Hall–Kier alpha value is -2.14. The lowest BCUT2D eigenvalue weighted by Crippen LogP contribution is -2.30. The summed E-state index contributed by atoms with van der Waals surface area (Å²) in [7, 11) is 1.50. The number of amides is 1. The topological polar surface area (TPSA) is 56.1 Å². The van der Waals surface area contributed by atoms with Gasteiger partial charge in [-0.1, -0.05) is 18.2 Å². The second-order valence-corrected chi connectivity index (χ2v) is 4.23. The van der Waals surface area contributed by atoms with Gasteiger partial charge in [-0.25, -0.2) is 4.68 Å². The standard InChI is InChI=1S/C14H17N3O2/c1-11(16-14(18)10-19-2)12-6-3-4-7-13(12)17-9-5-8-15-17/h3-9,11H,10H2,1-2H3,(H,16,18)/t11-/m1/s1. The molecule has 5 heteroatoms. The number of nitrogens with one attached hydrogen (secondary N) is 1. The number of nitrogens with zero attached hydrogens (tertiary/aromatic N) is 2. The van der Waals surface area contributed by atoms with Gasteiger partial charge in [-0.15, -0.1) is 0 Å². The van der Waals surface area contributed by atoms with Gasteiger partial charge in [-0.3, -0.25) is 4.79 Å². The zero-order valence-corrected chi connectivity index (χ0v) is 11.0. The molecular formula is C14H17N3O2. The molecule has 0 aliphatic heterocycles. The highest BCUT2D eigenvalue weighted by molar-refractivity contribution is 5.77. The highest BCUT2D eigenvalue weighted by Gasteiger charge is 2.13. The second-order valence-electron chi connectivity index (χ2n) is 4.23.